The molecule has 0 aromatic heterocycles. The summed E-state index contributed by atoms with van der Waals surface area (Å²) >= 11 is 0. The molecule has 0 bridgehead atoms. The number of carbonyl (C=O) groups excluding carboxylic acids is 1. The van der Waals surface area contributed by atoms with Crippen molar-refractivity contribution in [2.75, 3.05) is 0 Å². The third-order valence-corrected chi connectivity index (χ3v) is 2.43. The van der Waals surface area contributed by atoms with E-state index >= 15 is 0 Å². The van der Waals surface area contributed by atoms with Crippen LogP contribution in [0.3, 0.4) is 0 Å². The molecule has 2 N–H and O–H groups in total. The summed E-state index contributed by atoms with van der Waals surface area (Å²) in [4.78, 5) is 11.8. The lowest BCUT2D eigenvalue weighted by atomic mass is 10.1. The van der Waals surface area contributed by atoms with E-state index in [9.17, 15) is 4.79 Å². The van der Waals surface area contributed by atoms with Crippen molar-refractivity contribution < 1.29 is 9.53 Å². The first kappa shape index (κ1) is 16.7. The van der Waals surface area contributed by atoms with Crippen molar-refractivity contribution in [3.63, 3.8) is 0 Å². The van der Waals surface area contributed by atoms with E-state index in [-0.39, 0.29) is 31.0 Å². The molecule has 0 saturated carbocycles. The molecule has 1 aromatic rings. The van der Waals surface area contributed by atoms with E-state index < -0.39 is 0 Å². The first-order valence-electron chi connectivity index (χ1n) is 5.66. The zero-order chi connectivity index (χ0) is 12.8. The zero-order valence-electron chi connectivity index (χ0n) is 11.0. The molecule has 0 heterocycles. The molecule has 100 valence electrons. The van der Waals surface area contributed by atoms with Gasteiger partial charge in [0.1, 0.15) is 6.61 Å². The highest BCUT2D eigenvalue weighted by atomic mass is 35.5. The molecular weight excluding hydrogens is 250 g/mol. The van der Waals surface area contributed by atoms with Crippen molar-refractivity contribution in [1.29, 1.82) is 0 Å². The van der Waals surface area contributed by atoms with Gasteiger partial charge in [-0.05, 0) is 26.3 Å². The summed E-state index contributed by atoms with van der Waals surface area (Å²) in [7, 11) is 0. The lowest BCUT2D eigenvalue weighted by Gasteiger charge is -2.13. The summed E-state index contributed by atoms with van der Waals surface area (Å²) in [6.45, 7) is 5.79. The molecule has 1 rings (SSSR count). The minimum absolute atomic E-state index is 0. The number of esters is 1. The number of allylic oxidation sites excluding steroid dienone is 1. The lowest BCUT2D eigenvalue weighted by Crippen LogP contribution is -2.26. The maximum atomic E-state index is 11.8. The molecule has 1 atom stereocenters. The van der Waals surface area contributed by atoms with Crippen molar-refractivity contribution in [2.24, 2.45) is 5.73 Å². The summed E-state index contributed by atoms with van der Waals surface area (Å²) in [5.41, 5.74) is 8.18. The minimum Gasteiger partial charge on any atom is -0.457 e. The number of hydrogen-bond donors (Lipinski definition) is 1. The van der Waals surface area contributed by atoms with Gasteiger partial charge in [-0.25, -0.2) is 4.79 Å². The van der Waals surface area contributed by atoms with Crippen LogP contribution in [0.5, 0.6) is 0 Å². The largest absolute Gasteiger partial charge is 0.457 e. The first-order valence-corrected chi connectivity index (χ1v) is 5.66. The fourth-order valence-electron chi connectivity index (χ4n) is 1.65. The Morgan fingerprint density at radius 1 is 1.28 bits per heavy atom. The molecular formula is C14H20ClNO2. The predicted molar refractivity (Wildman–Crippen MR) is 75.5 cm³/mol. The molecule has 0 spiro atoms. The van der Waals surface area contributed by atoms with Crippen LogP contribution in [0, 0.1) is 0 Å². The molecule has 0 amide bonds. The Bertz CT molecular complexity index is 409. The summed E-state index contributed by atoms with van der Waals surface area (Å²) in [6.07, 6.45) is 0. The van der Waals surface area contributed by atoms with Gasteiger partial charge < -0.3 is 10.5 Å². The molecule has 0 fully saturated rings. The third-order valence-electron chi connectivity index (χ3n) is 2.43. The van der Waals surface area contributed by atoms with Gasteiger partial charge in [-0.2, -0.15) is 0 Å². The topological polar surface area (TPSA) is 52.3 Å². The molecule has 4 heteroatoms. The van der Waals surface area contributed by atoms with E-state index in [0.29, 0.717) is 5.57 Å². The van der Waals surface area contributed by atoms with E-state index in [2.05, 4.69) is 0 Å². The molecule has 0 aliphatic rings. The molecule has 0 saturated heterocycles. The molecule has 3 nitrogen and oxygen atoms in total. The number of ether oxygens (including phenoxy) is 1. The highest BCUT2D eigenvalue weighted by molar-refractivity contribution is 5.90. The van der Waals surface area contributed by atoms with Crippen LogP contribution in [-0.2, 0) is 16.1 Å². The Hall–Kier alpha value is -1.32. The van der Waals surface area contributed by atoms with Crippen molar-refractivity contribution >= 4 is 18.4 Å². The minimum atomic E-state index is -0.330. The van der Waals surface area contributed by atoms with Gasteiger partial charge in [0.05, 0.1) is 5.57 Å². The van der Waals surface area contributed by atoms with Crippen LogP contribution in [0.2, 0.25) is 0 Å². The second kappa shape index (κ2) is 7.90. The monoisotopic (exact) mass is 269 g/mol. The average Bonchev–Trinajstić information content (AvgIpc) is 2.27. The van der Waals surface area contributed by atoms with Crippen LogP contribution in [0.1, 0.15) is 26.3 Å². The Morgan fingerprint density at radius 3 is 2.28 bits per heavy atom. The molecule has 1 unspecified atom stereocenters. The number of nitrogens with two attached hydrogens (primary N) is 1. The summed E-state index contributed by atoms with van der Waals surface area (Å²) in [6, 6.07) is 9.29. The SMILES string of the molecule is CC(C)=C(C(=O)OCc1ccccc1)C(C)N.Cl. The first-order chi connectivity index (χ1) is 8.02. The van der Waals surface area contributed by atoms with Crippen molar-refractivity contribution in [3.05, 3.63) is 47.0 Å². The van der Waals surface area contributed by atoms with Gasteiger partial charge in [0.2, 0.25) is 0 Å². The maximum Gasteiger partial charge on any atom is 0.335 e. The van der Waals surface area contributed by atoms with E-state index in [0.717, 1.165) is 11.1 Å². The molecule has 0 aliphatic heterocycles. The fourth-order valence-corrected chi connectivity index (χ4v) is 1.65. The van der Waals surface area contributed by atoms with Crippen molar-refractivity contribution in [2.45, 2.75) is 33.4 Å². The van der Waals surface area contributed by atoms with Gasteiger partial charge in [-0.1, -0.05) is 35.9 Å². The molecule has 0 radical (unpaired) electrons. The summed E-state index contributed by atoms with van der Waals surface area (Å²) in [5.74, 6) is -0.330. The smallest absolute Gasteiger partial charge is 0.335 e. The van der Waals surface area contributed by atoms with Gasteiger partial charge in [0.25, 0.3) is 0 Å². The second-order valence-corrected chi connectivity index (χ2v) is 4.26. The van der Waals surface area contributed by atoms with Crippen LogP contribution < -0.4 is 5.73 Å². The number of hydrogen-bond acceptors (Lipinski definition) is 3. The van der Waals surface area contributed by atoms with Crippen LogP contribution in [-0.4, -0.2) is 12.0 Å². The van der Waals surface area contributed by atoms with Crippen molar-refractivity contribution in [3.8, 4) is 0 Å². The highest BCUT2D eigenvalue weighted by Crippen LogP contribution is 2.11. The van der Waals surface area contributed by atoms with Crippen LogP contribution >= 0.6 is 12.4 Å². The lowest BCUT2D eigenvalue weighted by molar-refractivity contribution is -0.140. The zero-order valence-corrected chi connectivity index (χ0v) is 11.8. The van der Waals surface area contributed by atoms with Gasteiger partial charge in [-0.15, -0.1) is 12.4 Å². The summed E-state index contributed by atoms with van der Waals surface area (Å²) < 4.78 is 5.24. The van der Waals surface area contributed by atoms with Gasteiger partial charge in [0, 0.05) is 6.04 Å². The highest BCUT2D eigenvalue weighted by Gasteiger charge is 2.16. The van der Waals surface area contributed by atoms with Gasteiger partial charge in [0.15, 0.2) is 0 Å². The molecule has 1 aromatic carbocycles. The summed E-state index contributed by atoms with van der Waals surface area (Å²) in [5, 5.41) is 0. The number of carbonyl (C=O) groups is 1. The molecule has 0 aliphatic carbocycles. The van der Waals surface area contributed by atoms with Gasteiger partial charge in [-0.3, -0.25) is 0 Å². The Balaban J connectivity index is 0.00000289. The van der Waals surface area contributed by atoms with Gasteiger partial charge >= 0.3 is 5.97 Å². The fraction of sp³-hybridized carbons (Fsp3) is 0.357. The Kier molecular flexibility index (Phi) is 7.32. The van der Waals surface area contributed by atoms with E-state index in [1.54, 1.807) is 6.92 Å². The van der Waals surface area contributed by atoms with E-state index in [1.807, 2.05) is 44.2 Å². The van der Waals surface area contributed by atoms with Crippen molar-refractivity contribution in [1.82, 2.24) is 0 Å². The standard InChI is InChI=1S/C14H19NO2.ClH/c1-10(2)13(11(3)15)14(16)17-9-12-7-5-4-6-8-12;/h4-8,11H,9,15H2,1-3H3;1H. The number of rotatable bonds is 4. The normalized spacial score (nSPS) is 11.1. The number of halogens is 1. The van der Waals surface area contributed by atoms with Crippen LogP contribution in [0.4, 0.5) is 0 Å². The van der Waals surface area contributed by atoms with Crippen LogP contribution in [0.15, 0.2) is 41.5 Å². The number of benzene rings is 1. The second-order valence-electron chi connectivity index (χ2n) is 4.26. The Morgan fingerprint density at radius 2 is 1.83 bits per heavy atom. The van der Waals surface area contributed by atoms with E-state index in [1.165, 1.54) is 0 Å². The Labute approximate surface area is 114 Å². The quantitative estimate of drug-likeness (QED) is 0.675. The predicted octanol–water partition coefficient (Wildman–Crippen LogP) is 2.84. The molecule has 18 heavy (non-hydrogen) atoms. The van der Waals surface area contributed by atoms with Crippen LogP contribution in [0.25, 0.3) is 0 Å². The maximum absolute atomic E-state index is 11.8. The third kappa shape index (κ3) is 4.90. The van der Waals surface area contributed by atoms with E-state index in [4.69, 9.17) is 10.5 Å². The average molecular weight is 270 g/mol.